The van der Waals surface area contributed by atoms with Crippen molar-refractivity contribution in [1.29, 1.82) is 0 Å². The van der Waals surface area contributed by atoms with Crippen LogP contribution >= 0.6 is 7.55 Å². The lowest BCUT2D eigenvalue weighted by Crippen LogP contribution is -1.67. The van der Waals surface area contributed by atoms with E-state index in [1.165, 1.54) is 16.1 Å². The van der Waals surface area contributed by atoms with Gasteiger partial charge >= 0.3 is 0 Å². The van der Waals surface area contributed by atoms with E-state index in [0.29, 0.717) is 0 Å². The first kappa shape index (κ1) is 8.59. The van der Waals surface area contributed by atoms with Gasteiger partial charge in [0.25, 0.3) is 0 Å². The van der Waals surface area contributed by atoms with Crippen molar-refractivity contribution in [3.63, 3.8) is 0 Å². The van der Waals surface area contributed by atoms with Crippen LogP contribution < -0.4 is 0 Å². The molecule has 1 heterocycles. The summed E-state index contributed by atoms with van der Waals surface area (Å²) in [5, 5.41) is 0. The highest BCUT2D eigenvalue weighted by atomic mass is 31.1. The van der Waals surface area contributed by atoms with Crippen molar-refractivity contribution in [3.8, 4) is 0 Å². The van der Waals surface area contributed by atoms with Crippen LogP contribution in [0.15, 0.2) is 41.5 Å². The molecule has 1 aromatic carbocycles. The summed E-state index contributed by atoms with van der Waals surface area (Å²) in [6, 6.07) is 10.7. The van der Waals surface area contributed by atoms with Crippen molar-refractivity contribution in [1.82, 2.24) is 0 Å². The van der Waals surface area contributed by atoms with E-state index in [0.717, 1.165) is 0 Å². The second-order valence-corrected chi connectivity index (χ2v) is 5.21. The minimum absolute atomic E-state index is 0.143. The molecule has 1 aliphatic heterocycles. The molecule has 0 amide bonds. The van der Waals surface area contributed by atoms with E-state index >= 15 is 0 Å². The average molecular weight is 188 g/mol. The lowest BCUT2D eigenvalue weighted by molar-refractivity contribution is 1.38. The van der Waals surface area contributed by atoms with Crippen LogP contribution in [0.5, 0.6) is 0 Å². The van der Waals surface area contributed by atoms with Gasteiger partial charge in [-0.1, -0.05) is 7.55 Å². The Morgan fingerprint density at radius 3 is 2.08 bits per heavy atom. The van der Waals surface area contributed by atoms with Crippen molar-refractivity contribution < 1.29 is 0 Å². The Hall–Kier alpha value is -1.00. The molecule has 0 spiro atoms. The summed E-state index contributed by atoms with van der Waals surface area (Å²) >= 11 is 0. The molecule has 1 aromatic rings. The SMILES string of the molecule is CC1=C(C)[CH-][P+](=c2cc[cH-]cc2)[CH-]1. The van der Waals surface area contributed by atoms with Crippen LogP contribution in [0.1, 0.15) is 13.8 Å². The van der Waals surface area contributed by atoms with Crippen LogP contribution in [0, 0.1) is 17.3 Å². The number of hydrogen-bond donors (Lipinski definition) is 0. The van der Waals surface area contributed by atoms with E-state index in [4.69, 9.17) is 0 Å². The van der Waals surface area contributed by atoms with Crippen LogP contribution in [0.3, 0.4) is 0 Å². The summed E-state index contributed by atoms with van der Waals surface area (Å²) in [5.41, 5.74) is 2.88. The second kappa shape index (κ2) is 3.40. The fraction of sp³-hybridized carbons (Fsp3) is 0.167. The van der Waals surface area contributed by atoms with Crippen LogP contribution in [0.2, 0.25) is 0 Å². The van der Waals surface area contributed by atoms with E-state index in [2.05, 4.69) is 56.5 Å². The van der Waals surface area contributed by atoms with Crippen molar-refractivity contribution in [3.05, 3.63) is 58.7 Å². The smallest absolute Gasteiger partial charge is 0.0109 e. The number of hydrogen-bond acceptors (Lipinski definition) is 0. The van der Waals surface area contributed by atoms with E-state index in [1.807, 2.05) is 0 Å². The van der Waals surface area contributed by atoms with Crippen molar-refractivity contribution in [2.45, 2.75) is 13.8 Å². The molecule has 2 rings (SSSR count). The summed E-state index contributed by atoms with van der Waals surface area (Å²) in [4.78, 5) is 1.45. The highest BCUT2D eigenvalue weighted by Gasteiger charge is 1.99. The summed E-state index contributed by atoms with van der Waals surface area (Å²) in [5.74, 6) is 0. The van der Waals surface area contributed by atoms with Gasteiger partial charge in [-0.25, -0.2) is 0 Å². The Balaban J connectivity index is 2.42. The fourth-order valence-corrected chi connectivity index (χ4v) is 3.54. The normalized spacial score (nSPS) is 15.7. The van der Waals surface area contributed by atoms with Gasteiger partial charge in [0.2, 0.25) is 0 Å². The molecule has 1 aliphatic rings. The third-order valence-corrected chi connectivity index (χ3v) is 4.57. The Kier molecular flexibility index (Phi) is 2.24. The third-order valence-electron chi connectivity index (χ3n) is 2.34. The molecule has 0 aromatic heterocycles. The van der Waals surface area contributed by atoms with Gasteiger partial charge < -0.3 is 11.1 Å². The summed E-state index contributed by atoms with van der Waals surface area (Å²) in [6.45, 7) is 4.38. The van der Waals surface area contributed by atoms with E-state index < -0.39 is 0 Å². The largest absolute Gasteiger partial charge is 0.317 e. The fourth-order valence-electron chi connectivity index (χ4n) is 1.41. The van der Waals surface area contributed by atoms with Crippen molar-refractivity contribution in [2.75, 3.05) is 0 Å². The molecular formula is C12H13P-2. The first-order chi connectivity index (χ1) is 6.27. The maximum Gasteiger partial charge on any atom is 0.0109 e. The third kappa shape index (κ3) is 1.68. The monoisotopic (exact) mass is 188 g/mol. The zero-order valence-electron chi connectivity index (χ0n) is 7.99. The Labute approximate surface area is 80.7 Å². The van der Waals surface area contributed by atoms with Gasteiger partial charge in [-0.15, -0.1) is 38.3 Å². The van der Waals surface area contributed by atoms with Gasteiger partial charge in [-0.05, 0) is 0 Å². The molecule has 0 saturated heterocycles. The number of benzene rings is 1. The number of allylic oxidation sites excluding steroid dienone is 2. The summed E-state index contributed by atoms with van der Waals surface area (Å²) < 4.78 is 0. The molecule has 0 saturated carbocycles. The van der Waals surface area contributed by atoms with Gasteiger partial charge in [0.1, 0.15) is 0 Å². The van der Waals surface area contributed by atoms with Crippen molar-refractivity contribution in [2.24, 2.45) is 0 Å². The molecular weight excluding hydrogens is 175 g/mol. The minimum Gasteiger partial charge on any atom is -0.317 e. The van der Waals surface area contributed by atoms with Crippen LogP contribution in [0.25, 0.3) is 0 Å². The maximum atomic E-state index is 2.39. The zero-order valence-corrected chi connectivity index (χ0v) is 8.88. The quantitative estimate of drug-likeness (QED) is 0.425. The summed E-state index contributed by atoms with van der Waals surface area (Å²) in [7, 11) is -0.143. The van der Waals surface area contributed by atoms with Crippen LogP contribution in [-0.2, 0) is 0 Å². The molecule has 0 aliphatic carbocycles. The molecule has 0 fully saturated rings. The van der Waals surface area contributed by atoms with E-state index in [-0.39, 0.29) is 7.55 Å². The van der Waals surface area contributed by atoms with Gasteiger partial charge in [0, 0.05) is 4.94 Å². The molecule has 0 radical (unpaired) electrons. The molecule has 0 bridgehead atoms. The highest BCUT2D eigenvalue weighted by Crippen LogP contribution is 2.47. The molecule has 0 nitrogen and oxygen atoms in total. The first-order valence-electron chi connectivity index (χ1n) is 4.48. The lowest BCUT2D eigenvalue weighted by Gasteiger charge is -2.06. The molecule has 13 heavy (non-hydrogen) atoms. The minimum atomic E-state index is -0.143. The van der Waals surface area contributed by atoms with Crippen molar-refractivity contribution >= 4 is 7.55 Å². The molecule has 0 N–H and O–H groups in total. The second-order valence-electron chi connectivity index (χ2n) is 3.37. The van der Waals surface area contributed by atoms with E-state index in [9.17, 15) is 0 Å². The molecule has 68 valence electrons. The Morgan fingerprint density at radius 2 is 1.54 bits per heavy atom. The highest BCUT2D eigenvalue weighted by molar-refractivity contribution is 7.55. The summed E-state index contributed by atoms with van der Waals surface area (Å²) in [6.07, 6.45) is 4.78. The first-order valence-corrected chi connectivity index (χ1v) is 5.96. The van der Waals surface area contributed by atoms with Crippen LogP contribution in [-0.4, -0.2) is 0 Å². The van der Waals surface area contributed by atoms with Gasteiger partial charge in [-0.2, -0.15) is 18.2 Å². The topological polar surface area (TPSA) is 0 Å². The Bertz CT molecular complexity index is 374. The maximum absolute atomic E-state index is 2.39. The number of rotatable bonds is 0. The standard InChI is InChI=1S/C12H13P/c1-10-8-13(9-11(10)2)12-6-4-3-5-7-12/h3-9H,1-2H3/q-2. The van der Waals surface area contributed by atoms with E-state index in [1.54, 1.807) is 0 Å². The predicted octanol–water partition coefficient (Wildman–Crippen LogP) is 4.09. The molecule has 1 heteroatoms. The predicted molar refractivity (Wildman–Crippen MR) is 59.2 cm³/mol. The molecule has 0 atom stereocenters. The van der Waals surface area contributed by atoms with Gasteiger partial charge in [-0.3, -0.25) is 0 Å². The van der Waals surface area contributed by atoms with Gasteiger partial charge in [0.05, 0.1) is 0 Å². The lowest BCUT2D eigenvalue weighted by atomic mass is 10.2. The average Bonchev–Trinajstić information content (AvgIpc) is 2.49. The van der Waals surface area contributed by atoms with Gasteiger partial charge in [0.15, 0.2) is 0 Å². The molecule has 0 unspecified atom stereocenters. The zero-order chi connectivity index (χ0) is 9.26. The Morgan fingerprint density at radius 1 is 1.00 bits per heavy atom. The van der Waals surface area contributed by atoms with Crippen LogP contribution in [0.4, 0.5) is 0 Å².